The molecule has 0 saturated carbocycles. The number of amides is 1. The van der Waals surface area contributed by atoms with E-state index in [2.05, 4.69) is 9.59 Å². The van der Waals surface area contributed by atoms with Crippen molar-refractivity contribution < 1.29 is 9.90 Å². The van der Waals surface area contributed by atoms with Crippen LogP contribution in [0.25, 0.3) is 0 Å². The molecule has 2 atom stereocenters. The van der Waals surface area contributed by atoms with Gasteiger partial charge in [0, 0.05) is 13.1 Å². The van der Waals surface area contributed by atoms with Gasteiger partial charge >= 0.3 is 0 Å². The summed E-state index contributed by atoms with van der Waals surface area (Å²) < 4.78 is 3.89. The van der Waals surface area contributed by atoms with E-state index in [0.717, 1.165) is 5.69 Å². The Hall–Kier alpha value is -1.01. The summed E-state index contributed by atoms with van der Waals surface area (Å²) in [5.41, 5.74) is 0.781. The topological polar surface area (TPSA) is 66.3 Å². The second-order valence-corrected chi connectivity index (χ2v) is 5.98. The summed E-state index contributed by atoms with van der Waals surface area (Å²) in [6.07, 6.45) is 0.356. The number of nitrogens with zero attached hydrogens (tertiary/aromatic N) is 3. The minimum Gasteiger partial charge on any atom is -0.393 e. The number of carbonyl (C=O) groups excluding carboxylic acids is 1. The monoisotopic (exact) mass is 269 g/mol. The lowest BCUT2D eigenvalue weighted by atomic mass is 9.96. The molecule has 0 bridgehead atoms. The van der Waals surface area contributed by atoms with Gasteiger partial charge in [-0.15, -0.1) is 5.10 Å². The third kappa shape index (κ3) is 2.54. The average molecular weight is 269 g/mol. The summed E-state index contributed by atoms with van der Waals surface area (Å²) in [7, 11) is 0. The van der Waals surface area contributed by atoms with Crippen molar-refractivity contribution in [2.45, 2.75) is 39.2 Å². The first-order chi connectivity index (χ1) is 8.50. The number of carbonyl (C=O) groups is 1. The molecule has 5 nitrogen and oxygen atoms in total. The van der Waals surface area contributed by atoms with Crippen LogP contribution in [0.3, 0.4) is 0 Å². The van der Waals surface area contributed by atoms with Gasteiger partial charge in [-0.3, -0.25) is 4.79 Å². The van der Waals surface area contributed by atoms with Crippen molar-refractivity contribution in [3.63, 3.8) is 0 Å². The number of hydrogen-bond acceptors (Lipinski definition) is 5. The molecule has 18 heavy (non-hydrogen) atoms. The Morgan fingerprint density at radius 3 is 2.89 bits per heavy atom. The maximum atomic E-state index is 12.4. The Kier molecular flexibility index (Phi) is 3.97. The fourth-order valence-corrected chi connectivity index (χ4v) is 2.97. The molecule has 1 aliphatic rings. The first-order valence-electron chi connectivity index (χ1n) is 6.30. The summed E-state index contributed by atoms with van der Waals surface area (Å²) in [5, 5.41) is 13.7. The van der Waals surface area contributed by atoms with Crippen molar-refractivity contribution in [3.8, 4) is 0 Å². The highest BCUT2D eigenvalue weighted by Crippen LogP contribution is 2.24. The van der Waals surface area contributed by atoms with Gasteiger partial charge in [-0.05, 0) is 29.8 Å². The number of aliphatic hydroxyl groups is 1. The molecule has 1 amide bonds. The quantitative estimate of drug-likeness (QED) is 0.883. The van der Waals surface area contributed by atoms with E-state index in [1.807, 2.05) is 20.8 Å². The van der Waals surface area contributed by atoms with Crippen molar-refractivity contribution >= 4 is 17.4 Å². The molecule has 2 heterocycles. The second-order valence-electron chi connectivity index (χ2n) is 5.23. The number of aromatic nitrogens is 2. The fraction of sp³-hybridized carbons (Fsp3) is 0.750. The van der Waals surface area contributed by atoms with Crippen LogP contribution in [0.1, 0.15) is 48.5 Å². The Morgan fingerprint density at radius 1 is 1.56 bits per heavy atom. The molecule has 0 spiro atoms. The zero-order valence-corrected chi connectivity index (χ0v) is 11.8. The summed E-state index contributed by atoms with van der Waals surface area (Å²) in [5.74, 6) is 0.342. The van der Waals surface area contributed by atoms with E-state index in [0.29, 0.717) is 24.4 Å². The maximum absolute atomic E-state index is 12.4. The predicted octanol–water partition coefficient (Wildman–Crippen LogP) is 1.50. The molecule has 1 fully saturated rings. The number of rotatable bonds is 2. The first kappa shape index (κ1) is 13.4. The molecule has 6 heteroatoms. The SMILES string of the molecule is CC(C)c1nnsc1C(=O)N1CCC(O)C(C)C1. The van der Waals surface area contributed by atoms with Crippen molar-refractivity contribution in [1.82, 2.24) is 14.5 Å². The highest BCUT2D eigenvalue weighted by molar-refractivity contribution is 7.08. The molecule has 2 rings (SSSR count). The highest BCUT2D eigenvalue weighted by atomic mass is 32.1. The van der Waals surface area contributed by atoms with E-state index in [9.17, 15) is 9.90 Å². The van der Waals surface area contributed by atoms with Crippen LogP contribution in [-0.2, 0) is 0 Å². The van der Waals surface area contributed by atoms with Crippen molar-refractivity contribution in [3.05, 3.63) is 10.6 Å². The molecule has 0 radical (unpaired) electrons. The van der Waals surface area contributed by atoms with Crippen LogP contribution in [0.15, 0.2) is 0 Å². The van der Waals surface area contributed by atoms with Gasteiger partial charge in [0.1, 0.15) is 4.88 Å². The molecule has 1 aliphatic heterocycles. The third-order valence-electron chi connectivity index (χ3n) is 3.40. The van der Waals surface area contributed by atoms with E-state index >= 15 is 0 Å². The third-order valence-corrected chi connectivity index (χ3v) is 4.13. The van der Waals surface area contributed by atoms with Crippen molar-refractivity contribution in [1.29, 1.82) is 0 Å². The van der Waals surface area contributed by atoms with Gasteiger partial charge in [-0.25, -0.2) is 0 Å². The normalized spacial score (nSPS) is 24.6. The van der Waals surface area contributed by atoms with Gasteiger partial charge in [-0.1, -0.05) is 25.3 Å². The van der Waals surface area contributed by atoms with Crippen LogP contribution in [0.2, 0.25) is 0 Å². The van der Waals surface area contributed by atoms with Crippen LogP contribution >= 0.6 is 11.5 Å². The lowest BCUT2D eigenvalue weighted by molar-refractivity contribution is 0.0299. The van der Waals surface area contributed by atoms with Crippen LogP contribution in [0, 0.1) is 5.92 Å². The largest absolute Gasteiger partial charge is 0.393 e. The zero-order chi connectivity index (χ0) is 13.3. The van der Waals surface area contributed by atoms with Gasteiger partial charge in [-0.2, -0.15) is 0 Å². The van der Waals surface area contributed by atoms with Gasteiger partial charge in [0.05, 0.1) is 11.8 Å². The number of aliphatic hydroxyl groups excluding tert-OH is 1. The van der Waals surface area contributed by atoms with E-state index in [1.165, 1.54) is 11.5 Å². The Bertz CT molecular complexity index is 433. The minimum absolute atomic E-state index is 0.00690. The molecule has 100 valence electrons. The van der Waals surface area contributed by atoms with E-state index < -0.39 is 0 Å². The Balaban J connectivity index is 2.14. The van der Waals surface area contributed by atoms with Gasteiger partial charge in [0.15, 0.2) is 0 Å². The Morgan fingerprint density at radius 2 is 2.28 bits per heavy atom. The molecule has 1 aromatic heterocycles. The minimum atomic E-state index is -0.293. The summed E-state index contributed by atoms with van der Waals surface area (Å²) in [6.45, 7) is 7.21. The van der Waals surface area contributed by atoms with E-state index in [4.69, 9.17) is 0 Å². The molecule has 0 aromatic carbocycles. The van der Waals surface area contributed by atoms with Crippen molar-refractivity contribution in [2.24, 2.45) is 5.92 Å². The lowest BCUT2D eigenvalue weighted by Crippen LogP contribution is -2.45. The van der Waals surface area contributed by atoms with Gasteiger partial charge < -0.3 is 10.0 Å². The lowest BCUT2D eigenvalue weighted by Gasteiger charge is -2.34. The van der Waals surface area contributed by atoms with Gasteiger partial charge in [0.25, 0.3) is 5.91 Å². The summed E-state index contributed by atoms with van der Waals surface area (Å²) in [4.78, 5) is 14.9. The molecular formula is C12H19N3O2S. The van der Waals surface area contributed by atoms with Crippen LogP contribution < -0.4 is 0 Å². The van der Waals surface area contributed by atoms with E-state index in [-0.39, 0.29) is 23.8 Å². The highest BCUT2D eigenvalue weighted by Gasteiger charge is 2.30. The molecule has 0 aliphatic carbocycles. The predicted molar refractivity (Wildman–Crippen MR) is 69.7 cm³/mol. The summed E-state index contributed by atoms with van der Waals surface area (Å²) in [6, 6.07) is 0. The number of likely N-dealkylation sites (tertiary alicyclic amines) is 1. The van der Waals surface area contributed by atoms with Crippen molar-refractivity contribution in [2.75, 3.05) is 13.1 Å². The molecule has 1 N–H and O–H groups in total. The Labute approximate surface area is 111 Å². The van der Waals surface area contributed by atoms with E-state index in [1.54, 1.807) is 4.90 Å². The summed E-state index contributed by atoms with van der Waals surface area (Å²) >= 11 is 1.17. The number of piperidine rings is 1. The van der Waals surface area contributed by atoms with Gasteiger partial charge in [0.2, 0.25) is 0 Å². The zero-order valence-electron chi connectivity index (χ0n) is 11.0. The average Bonchev–Trinajstić information content (AvgIpc) is 2.81. The van der Waals surface area contributed by atoms with Crippen LogP contribution in [0.5, 0.6) is 0 Å². The fourth-order valence-electron chi connectivity index (χ4n) is 2.18. The smallest absolute Gasteiger partial charge is 0.267 e. The molecule has 1 aromatic rings. The molecule has 1 saturated heterocycles. The van der Waals surface area contributed by atoms with Crippen LogP contribution in [-0.4, -0.2) is 44.7 Å². The maximum Gasteiger partial charge on any atom is 0.267 e. The molecular weight excluding hydrogens is 250 g/mol. The number of hydrogen-bond donors (Lipinski definition) is 1. The standard InChI is InChI=1S/C12H19N3O2S/c1-7(2)10-11(18-14-13-10)12(17)15-5-4-9(16)8(3)6-15/h7-9,16H,4-6H2,1-3H3. The van der Waals surface area contributed by atoms with Crippen LogP contribution in [0.4, 0.5) is 0 Å². The molecule has 2 unspecified atom stereocenters. The first-order valence-corrected chi connectivity index (χ1v) is 7.07. The second kappa shape index (κ2) is 5.32.